The van der Waals surface area contributed by atoms with Gasteiger partial charge >= 0.3 is 0 Å². The van der Waals surface area contributed by atoms with Gasteiger partial charge in [-0.15, -0.1) is 5.10 Å². The molecule has 1 aromatic carbocycles. The molecule has 0 aliphatic carbocycles. The summed E-state index contributed by atoms with van der Waals surface area (Å²) in [4.78, 5) is 8.90. The number of rotatable bonds is 3. The fourth-order valence-corrected chi connectivity index (χ4v) is 2.61. The molecule has 0 aliphatic heterocycles. The third kappa shape index (κ3) is 2.26. The summed E-state index contributed by atoms with van der Waals surface area (Å²) in [6.07, 6.45) is 1.58. The Labute approximate surface area is 137 Å². The molecule has 0 radical (unpaired) electrons. The van der Waals surface area contributed by atoms with E-state index in [9.17, 15) is 0 Å². The van der Waals surface area contributed by atoms with Crippen LogP contribution in [0.25, 0.3) is 28.5 Å². The Bertz CT molecular complexity index is 1020. The van der Waals surface area contributed by atoms with Gasteiger partial charge < -0.3 is 14.9 Å². The number of hydrogen-bond donors (Lipinski definition) is 1. The Morgan fingerprint density at radius 1 is 1.17 bits per heavy atom. The van der Waals surface area contributed by atoms with Crippen molar-refractivity contribution in [2.45, 2.75) is 6.92 Å². The molecule has 0 fully saturated rings. The molecule has 0 bridgehead atoms. The van der Waals surface area contributed by atoms with E-state index in [0.717, 1.165) is 22.6 Å². The van der Waals surface area contributed by atoms with Gasteiger partial charge in [0, 0.05) is 11.6 Å². The second-order valence-corrected chi connectivity index (χ2v) is 5.37. The average molecular weight is 321 g/mol. The maximum Gasteiger partial charge on any atom is 0.223 e. The number of benzene rings is 1. The molecule has 2 N–H and O–H groups in total. The Morgan fingerprint density at radius 3 is 2.75 bits per heavy atom. The van der Waals surface area contributed by atoms with Crippen molar-refractivity contribution in [1.82, 2.24) is 19.6 Å². The largest absolute Gasteiger partial charge is 0.496 e. The highest BCUT2D eigenvalue weighted by molar-refractivity contribution is 5.68. The molecular formula is C17H15N5O2. The lowest BCUT2D eigenvalue weighted by Gasteiger charge is -2.08. The van der Waals surface area contributed by atoms with E-state index < -0.39 is 0 Å². The Morgan fingerprint density at radius 2 is 2.04 bits per heavy atom. The Kier molecular flexibility index (Phi) is 3.19. The second-order valence-electron chi connectivity index (χ2n) is 5.37. The zero-order valence-electron chi connectivity index (χ0n) is 13.2. The van der Waals surface area contributed by atoms with Gasteiger partial charge in [0.2, 0.25) is 11.8 Å². The minimum absolute atomic E-state index is 0.265. The molecule has 0 unspecified atom stereocenters. The molecule has 3 heterocycles. The molecule has 7 nitrogen and oxygen atoms in total. The van der Waals surface area contributed by atoms with Crippen LogP contribution in [-0.4, -0.2) is 26.7 Å². The average Bonchev–Trinajstić information content (AvgIpc) is 3.23. The van der Waals surface area contributed by atoms with E-state index in [-0.39, 0.29) is 5.95 Å². The number of ether oxygens (including phenoxy) is 1. The summed E-state index contributed by atoms with van der Waals surface area (Å²) in [5, 5.41) is 4.34. The molecule has 24 heavy (non-hydrogen) atoms. The number of methoxy groups -OCH3 is 1. The van der Waals surface area contributed by atoms with Crippen LogP contribution in [0.4, 0.5) is 5.95 Å². The number of hydrogen-bond acceptors (Lipinski definition) is 6. The molecule has 0 aliphatic rings. The van der Waals surface area contributed by atoms with Crippen LogP contribution in [0.1, 0.15) is 5.56 Å². The first-order valence-corrected chi connectivity index (χ1v) is 7.38. The van der Waals surface area contributed by atoms with E-state index in [1.807, 2.05) is 31.2 Å². The third-order valence-electron chi connectivity index (χ3n) is 3.78. The number of nitrogens with two attached hydrogens (primary N) is 1. The van der Waals surface area contributed by atoms with Crippen molar-refractivity contribution < 1.29 is 9.15 Å². The lowest BCUT2D eigenvalue weighted by Crippen LogP contribution is -2.03. The molecular weight excluding hydrogens is 306 g/mol. The first-order valence-electron chi connectivity index (χ1n) is 7.38. The Hall–Kier alpha value is -3.35. The first kappa shape index (κ1) is 14.3. The van der Waals surface area contributed by atoms with Crippen molar-refractivity contribution >= 4 is 11.6 Å². The van der Waals surface area contributed by atoms with Crippen LogP contribution in [0.15, 0.2) is 47.1 Å². The van der Waals surface area contributed by atoms with Crippen LogP contribution in [-0.2, 0) is 0 Å². The Balaban J connectivity index is 1.84. The van der Waals surface area contributed by atoms with Crippen LogP contribution >= 0.6 is 0 Å². The van der Waals surface area contributed by atoms with Gasteiger partial charge in [0.25, 0.3) is 0 Å². The standard InChI is InChI=1S/C17H15N5O2/c1-10-8-11(5-6-13(10)23-2)12-9-15-20-16(14-4-3-7-24-14)21-22(15)17(18)19-12/h3-9H,1-2H3,(H2,18,19). The van der Waals surface area contributed by atoms with Crippen molar-refractivity contribution in [2.24, 2.45) is 0 Å². The van der Waals surface area contributed by atoms with Crippen LogP contribution < -0.4 is 10.5 Å². The zero-order valence-corrected chi connectivity index (χ0v) is 13.2. The van der Waals surface area contributed by atoms with Gasteiger partial charge in [-0.3, -0.25) is 0 Å². The van der Waals surface area contributed by atoms with Gasteiger partial charge in [0.05, 0.1) is 19.1 Å². The fourth-order valence-electron chi connectivity index (χ4n) is 2.61. The maximum absolute atomic E-state index is 6.05. The summed E-state index contributed by atoms with van der Waals surface area (Å²) in [6.45, 7) is 1.98. The van der Waals surface area contributed by atoms with Crippen molar-refractivity contribution in [3.05, 3.63) is 48.2 Å². The summed E-state index contributed by atoms with van der Waals surface area (Å²) in [7, 11) is 1.65. The molecule has 0 atom stereocenters. The topological polar surface area (TPSA) is 91.5 Å². The highest BCUT2D eigenvalue weighted by Gasteiger charge is 2.13. The highest BCUT2D eigenvalue weighted by atomic mass is 16.5. The fraction of sp³-hybridized carbons (Fsp3) is 0.118. The quantitative estimate of drug-likeness (QED) is 0.624. The van der Waals surface area contributed by atoms with E-state index in [4.69, 9.17) is 14.9 Å². The van der Waals surface area contributed by atoms with Crippen LogP contribution in [0.2, 0.25) is 0 Å². The molecule has 7 heteroatoms. The van der Waals surface area contributed by atoms with Crippen LogP contribution in [0.3, 0.4) is 0 Å². The third-order valence-corrected chi connectivity index (χ3v) is 3.78. The molecule has 0 spiro atoms. The molecule has 120 valence electrons. The van der Waals surface area contributed by atoms with Gasteiger partial charge in [-0.2, -0.15) is 4.52 Å². The van der Waals surface area contributed by atoms with Crippen LogP contribution in [0.5, 0.6) is 5.75 Å². The number of anilines is 1. The normalized spacial score (nSPS) is 11.1. The summed E-state index contributed by atoms with van der Waals surface area (Å²) in [5.41, 5.74) is 9.34. The van der Waals surface area contributed by atoms with Crippen molar-refractivity contribution in [2.75, 3.05) is 12.8 Å². The summed E-state index contributed by atoms with van der Waals surface area (Å²) in [6, 6.07) is 11.3. The van der Waals surface area contributed by atoms with E-state index >= 15 is 0 Å². The molecule has 0 amide bonds. The van der Waals surface area contributed by atoms with Crippen molar-refractivity contribution in [3.63, 3.8) is 0 Å². The number of furan rings is 1. The monoisotopic (exact) mass is 321 g/mol. The number of fused-ring (bicyclic) bond motifs is 1. The molecule has 0 saturated heterocycles. The summed E-state index contributed by atoms with van der Waals surface area (Å²) in [5.74, 6) is 2.15. The van der Waals surface area contributed by atoms with Crippen molar-refractivity contribution in [1.29, 1.82) is 0 Å². The lowest BCUT2D eigenvalue weighted by atomic mass is 10.1. The molecule has 3 aromatic heterocycles. The summed E-state index contributed by atoms with van der Waals surface area (Å²) >= 11 is 0. The van der Waals surface area contributed by atoms with E-state index in [1.165, 1.54) is 4.52 Å². The first-order chi connectivity index (χ1) is 11.7. The van der Waals surface area contributed by atoms with Gasteiger partial charge in [0.15, 0.2) is 11.4 Å². The van der Waals surface area contributed by atoms with Gasteiger partial charge in [-0.05, 0) is 42.8 Å². The van der Waals surface area contributed by atoms with Gasteiger partial charge in [-0.25, -0.2) is 9.97 Å². The van der Waals surface area contributed by atoms with E-state index in [2.05, 4.69) is 15.1 Å². The van der Waals surface area contributed by atoms with Crippen molar-refractivity contribution in [3.8, 4) is 28.6 Å². The SMILES string of the molecule is COc1ccc(-c2cc3nc(-c4ccco4)nn3c(N)n2)cc1C. The maximum atomic E-state index is 6.05. The minimum Gasteiger partial charge on any atom is -0.496 e. The smallest absolute Gasteiger partial charge is 0.223 e. The van der Waals surface area contributed by atoms with E-state index in [1.54, 1.807) is 25.5 Å². The number of nitrogens with zero attached hydrogens (tertiary/aromatic N) is 4. The summed E-state index contributed by atoms with van der Waals surface area (Å²) < 4.78 is 12.1. The highest BCUT2D eigenvalue weighted by Crippen LogP contribution is 2.27. The molecule has 4 rings (SSSR count). The zero-order chi connectivity index (χ0) is 16.7. The number of aromatic nitrogens is 4. The minimum atomic E-state index is 0.265. The number of aryl methyl sites for hydroxylation is 1. The predicted octanol–water partition coefficient (Wildman–Crippen LogP) is 2.95. The predicted molar refractivity (Wildman–Crippen MR) is 89.6 cm³/mol. The lowest BCUT2D eigenvalue weighted by molar-refractivity contribution is 0.412. The second kappa shape index (κ2) is 5.38. The number of nitrogen functional groups attached to an aromatic ring is 1. The van der Waals surface area contributed by atoms with Crippen LogP contribution in [0, 0.1) is 6.92 Å². The molecule has 0 saturated carbocycles. The van der Waals surface area contributed by atoms with E-state index in [0.29, 0.717) is 17.2 Å². The van der Waals surface area contributed by atoms with Gasteiger partial charge in [-0.1, -0.05) is 0 Å². The van der Waals surface area contributed by atoms with Gasteiger partial charge in [0.1, 0.15) is 5.75 Å². The molecule has 4 aromatic rings.